The van der Waals surface area contributed by atoms with Crippen LogP contribution in [-0.2, 0) is 16.1 Å². The van der Waals surface area contributed by atoms with Crippen molar-refractivity contribution in [3.8, 4) is 5.75 Å². The highest BCUT2D eigenvalue weighted by Crippen LogP contribution is 2.10. The van der Waals surface area contributed by atoms with E-state index in [2.05, 4.69) is 10.6 Å². The van der Waals surface area contributed by atoms with E-state index in [1.807, 2.05) is 43.3 Å². The van der Waals surface area contributed by atoms with E-state index in [1.165, 1.54) is 0 Å². The zero-order chi connectivity index (χ0) is 15.7. The highest BCUT2D eigenvalue weighted by molar-refractivity contribution is 6.35. The lowest BCUT2D eigenvalue weighted by Gasteiger charge is -2.10. The fourth-order valence-corrected chi connectivity index (χ4v) is 1.68. The molecule has 0 fully saturated rings. The molecule has 1 rings (SSSR count). The van der Waals surface area contributed by atoms with Gasteiger partial charge in [-0.1, -0.05) is 12.1 Å². The van der Waals surface area contributed by atoms with E-state index in [0.717, 1.165) is 24.3 Å². The van der Waals surface area contributed by atoms with Crippen LogP contribution in [0.1, 0.15) is 12.0 Å². The quantitative estimate of drug-likeness (QED) is 0.563. The maximum absolute atomic E-state index is 11.6. The molecule has 0 aliphatic rings. The molecule has 0 spiro atoms. The van der Waals surface area contributed by atoms with Gasteiger partial charge in [0.25, 0.3) is 0 Å². The van der Waals surface area contributed by atoms with Gasteiger partial charge in [0.05, 0.1) is 7.11 Å². The summed E-state index contributed by atoms with van der Waals surface area (Å²) < 4.78 is 5.05. The molecular formula is C15H23N3O3. The number of carbonyl (C=O) groups is 2. The largest absolute Gasteiger partial charge is 0.497 e. The van der Waals surface area contributed by atoms with Crippen LogP contribution in [0.4, 0.5) is 0 Å². The van der Waals surface area contributed by atoms with Crippen LogP contribution in [0.15, 0.2) is 24.3 Å². The van der Waals surface area contributed by atoms with Crippen molar-refractivity contribution in [2.75, 3.05) is 34.3 Å². The summed E-state index contributed by atoms with van der Waals surface area (Å²) in [4.78, 5) is 25.2. The minimum Gasteiger partial charge on any atom is -0.497 e. The van der Waals surface area contributed by atoms with Gasteiger partial charge in [0.2, 0.25) is 0 Å². The Balaban J connectivity index is 2.27. The molecular weight excluding hydrogens is 270 g/mol. The summed E-state index contributed by atoms with van der Waals surface area (Å²) in [6.45, 7) is 1.68. The Morgan fingerprint density at radius 1 is 1.10 bits per heavy atom. The number of hydrogen-bond acceptors (Lipinski definition) is 4. The number of hydrogen-bond donors (Lipinski definition) is 2. The predicted octanol–water partition coefficient (Wildman–Crippen LogP) is 0.379. The van der Waals surface area contributed by atoms with Crippen LogP contribution in [-0.4, -0.2) is 51.0 Å². The molecule has 2 N–H and O–H groups in total. The fourth-order valence-electron chi connectivity index (χ4n) is 1.68. The van der Waals surface area contributed by atoms with Gasteiger partial charge in [-0.3, -0.25) is 9.59 Å². The first-order valence-electron chi connectivity index (χ1n) is 6.86. The number of rotatable bonds is 7. The van der Waals surface area contributed by atoms with E-state index in [-0.39, 0.29) is 0 Å². The topological polar surface area (TPSA) is 70.7 Å². The molecule has 0 heterocycles. The smallest absolute Gasteiger partial charge is 0.309 e. The summed E-state index contributed by atoms with van der Waals surface area (Å²) in [5, 5.41) is 5.18. The van der Waals surface area contributed by atoms with Gasteiger partial charge < -0.3 is 20.3 Å². The van der Waals surface area contributed by atoms with Crippen LogP contribution >= 0.6 is 0 Å². The Bertz CT molecular complexity index is 458. The third kappa shape index (κ3) is 6.76. The van der Waals surface area contributed by atoms with Crippen molar-refractivity contribution in [2.24, 2.45) is 0 Å². The first-order chi connectivity index (χ1) is 10.0. The van der Waals surface area contributed by atoms with Gasteiger partial charge in [-0.2, -0.15) is 0 Å². The molecule has 1 aromatic carbocycles. The Morgan fingerprint density at radius 2 is 1.71 bits per heavy atom. The molecule has 0 atom stereocenters. The van der Waals surface area contributed by atoms with Crippen molar-refractivity contribution < 1.29 is 14.3 Å². The summed E-state index contributed by atoms with van der Waals surface area (Å²) in [6, 6.07) is 7.30. The maximum atomic E-state index is 11.6. The third-order valence-corrected chi connectivity index (χ3v) is 2.89. The van der Waals surface area contributed by atoms with E-state index >= 15 is 0 Å². The number of nitrogens with zero attached hydrogens (tertiary/aromatic N) is 1. The van der Waals surface area contributed by atoms with Gasteiger partial charge in [-0.25, -0.2) is 0 Å². The van der Waals surface area contributed by atoms with Gasteiger partial charge in [0, 0.05) is 13.1 Å². The normalized spacial score (nSPS) is 10.3. The Kier molecular flexibility index (Phi) is 7.25. The molecule has 6 nitrogen and oxygen atoms in total. The van der Waals surface area contributed by atoms with E-state index in [4.69, 9.17) is 4.74 Å². The van der Waals surface area contributed by atoms with E-state index < -0.39 is 11.8 Å². The number of methoxy groups -OCH3 is 1. The molecule has 21 heavy (non-hydrogen) atoms. The molecule has 1 aromatic rings. The standard InChI is InChI=1S/C15H23N3O3/c1-18(2)10-4-9-16-14(19)15(20)17-11-12-5-7-13(21-3)8-6-12/h5-8H,4,9-11H2,1-3H3,(H,16,19)(H,17,20). The second-order valence-corrected chi connectivity index (χ2v) is 4.94. The highest BCUT2D eigenvalue weighted by Gasteiger charge is 2.11. The molecule has 6 heteroatoms. The molecule has 0 aliphatic heterocycles. The monoisotopic (exact) mass is 293 g/mol. The van der Waals surface area contributed by atoms with Gasteiger partial charge in [0.15, 0.2) is 0 Å². The average molecular weight is 293 g/mol. The lowest BCUT2D eigenvalue weighted by Crippen LogP contribution is -2.40. The third-order valence-electron chi connectivity index (χ3n) is 2.89. The van der Waals surface area contributed by atoms with Gasteiger partial charge in [-0.15, -0.1) is 0 Å². The maximum Gasteiger partial charge on any atom is 0.309 e. The van der Waals surface area contributed by atoms with Crippen LogP contribution in [0, 0.1) is 0 Å². The van der Waals surface area contributed by atoms with Crippen molar-refractivity contribution in [3.63, 3.8) is 0 Å². The minimum absolute atomic E-state index is 0.313. The average Bonchev–Trinajstić information content (AvgIpc) is 2.49. The Morgan fingerprint density at radius 3 is 2.29 bits per heavy atom. The van der Waals surface area contributed by atoms with Crippen LogP contribution in [0.25, 0.3) is 0 Å². The summed E-state index contributed by atoms with van der Waals surface area (Å²) in [5.74, 6) is -0.457. The van der Waals surface area contributed by atoms with Gasteiger partial charge in [0.1, 0.15) is 5.75 Å². The zero-order valence-corrected chi connectivity index (χ0v) is 12.8. The molecule has 0 aliphatic carbocycles. The van der Waals surface area contributed by atoms with Crippen LogP contribution in [0.2, 0.25) is 0 Å². The number of benzene rings is 1. The van der Waals surface area contributed by atoms with Crippen molar-refractivity contribution in [1.82, 2.24) is 15.5 Å². The fraction of sp³-hybridized carbons (Fsp3) is 0.467. The van der Waals surface area contributed by atoms with E-state index in [9.17, 15) is 9.59 Å². The first kappa shape index (κ1) is 17.0. The molecule has 0 aromatic heterocycles. The van der Waals surface area contributed by atoms with Gasteiger partial charge in [-0.05, 0) is 44.8 Å². The number of carbonyl (C=O) groups excluding carboxylic acids is 2. The van der Waals surface area contributed by atoms with E-state index in [1.54, 1.807) is 7.11 Å². The van der Waals surface area contributed by atoms with Crippen molar-refractivity contribution in [3.05, 3.63) is 29.8 Å². The van der Waals surface area contributed by atoms with Crippen molar-refractivity contribution >= 4 is 11.8 Å². The number of nitrogens with one attached hydrogen (secondary N) is 2. The van der Waals surface area contributed by atoms with Crippen LogP contribution < -0.4 is 15.4 Å². The van der Waals surface area contributed by atoms with E-state index in [0.29, 0.717) is 13.1 Å². The summed E-state index contributed by atoms with van der Waals surface area (Å²) >= 11 is 0. The zero-order valence-electron chi connectivity index (χ0n) is 12.8. The van der Waals surface area contributed by atoms with Gasteiger partial charge >= 0.3 is 11.8 Å². The molecule has 0 unspecified atom stereocenters. The SMILES string of the molecule is COc1ccc(CNC(=O)C(=O)NCCCN(C)C)cc1. The molecule has 116 valence electrons. The minimum atomic E-state index is -0.615. The van der Waals surface area contributed by atoms with Crippen LogP contribution in [0.3, 0.4) is 0 Å². The lowest BCUT2D eigenvalue weighted by atomic mass is 10.2. The molecule has 0 radical (unpaired) electrons. The lowest BCUT2D eigenvalue weighted by molar-refractivity contribution is -0.139. The van der Waals surface area contributed by atoms with Crippen molar-refractivity contribution in [1.29, 1.82) is 0 Å². The Labute approximate surface area is 125 Å². The Hall–Kier alpha value is -2.08. The highest BCUT2D eigenvalue weighted by atomic mass is 16.5. The molecule has 2 amide bonds. The second kappa shape index (κ2) is 8.97. The summed E-state index contributed by atoms with van der Waals surface area (Å²) in [7, 11) is 5.52. The molecule has 0 saturated carbocycles. The number of amides is 2. The first-order valence-corrected chi connectivity index (χ1v) is 6.86. The summed E-state index contributed by atoms with van der Waals surface area (Å²) in [6.07, 6.45) is 0.810. The van der Waals surface area contributed by atoms with Crippen molar-refractivity contribution in [2.45, 2.75) is 13.0 Å². The predicted molar refractivity (Wildman–Crippen MR) is 81.0 cm³/mol. The number of ether oxygens (including phenoxy) is 1. The summed E-state index contributed by atoms with van der Waals surface area (Å²) in [5.41, 5.74) is 0.907. The second-order valence-electron chi connectivity index (χ2n) is 4.94. The van der Waals surface area contributed by atoms with Crippen LogP contribution in [0.5, 0.6) is 5.75 Å². The molecule has 0 saturated heterocycles. The molecule has 0 bridgehead atoms.